The lowest BCUT2D eigenvalue weighted by molar-refractivity contribution is 0.796. The molecule has 2 aromatic rings. The number of imidazole rings is 1. The number of hydrogen-bond acceptors (Lipinski definition) is 3. The monoisotopic (exact) mass is 256 g/mol. The topological polar surface area (TPSA) is 43.6 Å². The number of halogens is 2. The van der Waals surface area contributed by atoms with Crippen molar-refractivity contribution in [2.45, 2.75) is 19.8 Å². The molecule has 0 N–H and O–H groups in total. The second-order valence-corrected chi connectivity index (χ2v) is 4.02. The van der Waals surface area contributed by atoms with E-state index in [2.05, 4.69) is 21.9 Å². The summed E-state index contributed by atoms with van der Waals surface area (Å²) in [7, 11) is 0. The van der Waals surface area contributed by atoms with Crippen LogP contribution in [0.25, 0.3) is 5.82 Å². The van der Waals surface area contributed by atoms with Gasteiger partial charge in [-0.25, -0.2) is 9.97 Å². The van der Waals surface area contributed by atoms with Gasteiger partial charge < -0.3 is 0 Å². The van der Waals surface area contributed by atoms with Crippen LogP contribution < -0.4 is 0 Å². The van der Waals surface area contributed by atoms with Crippen LogP contribution in [0.1, 0.15) is 19.2 Å². The molecule has 2 aromatic heterocycles. The lowest BCUT2D eigenvalue weighted by Gasteiger charge is -2.07. The summed E-state index contributed by atoms with van der Waals surface area (Å²) < 4.78 is 1.83. The maximum Gasteiger partial charge on any atom is 0.224 e. The number of aromatic nitrogens is 4. The van der Waals surface area contributed by atoms with E-state index < -0.39 is 0 Å². The minimum atomic E-state index is 0.176. The normalized spacial score (nSPS) is 10.7. The highest BCUT2D eigenvalue weighted by atomic mass is 35.5. The Hall–Kier alpha value is -1.13. The third kappa shape index (κ3) is 2.18. The molecule has 0 radical (unpaired) electrons. The molecule has 0 amide bonds. The van der Waals surface area contributed by atoms with Crippen LogP contribution in [0, 0.1) is 0 Å². The van der Waals surface area contributed by atoms with E-state index in [1.165, 1.54) is 6.20 Å². The molecule has 6 heteroatoms. The quantitative estimate of drug-likeness (QED) is 0.794. The number of aryl methyl sites for hydroxylation is 1. The van der Waals surface area contributed by atoms with Crippen LogP contribution in [0.3, 0.4) is 0 Å². The summed E-state index contributed by atoms with van der Waals surface area (Å²) >= 11 is 11.8. The van der Waals surface area contributed by atoms with Gasteiger partial charge in [-0.1, -0.05) is 18.5 Å². The van der Waals surface area contributed by atoms with E-state index in [1.807, 2.05) is 10.8 Å². The molecular formula is C10H10Cl2N4. The first-order chi connectivity index (χ1) is 7.72. The zero-order valence-corrected chi connectivity index (χ0v) is 10.2. The Labute approximate surface area is 103 Å². The Morgan fingerprint density at radius 2 is 2.12 bits per heavy atom. The van der Waals surface area contributed by atoms with Crippen molar-refractivity contribution < 1.29 is 0 Å². The molecule has 0 spiro atoms. The molecule has 0 fully saturated rings. The molecule has 0 aliphatic carbocycles. The largest absolute Gasteiger partial charge is 0.287 e. The predicted octanol–water partition coefficient (Wildman–Crippen LogP) is 2.92. The highest BCUT2D eigenvalue weighted by Gasteiger charge is 2.10. The summed E-state index contributed by atoms with van der Waals surface area (Å²) in [6, 6.07) is 0. The minimum absolute atomic E-state index is 0.176. The maximum atomic E-state index is 6.03. The van der Waals surface area contributed by atoms with Gasteiger partial charge in [-0.3, -0.25) is 4.57 Å². The first-order valence-electron chi connectivity index (χ1n) is 4.93. The Morgan fingerprint density at radius 3 is 2.88 bits per heavy atom. The molecular weight excluding hydrogens is 247 g/mol. The van der Waals surface area contributed by atoms with Crippen LogP contribution in [0.15, 0.2) is 18.6 Å². The van der Waals surface area contributed by atoms with Gasteiger partial charge in [-0.15, -0.1) is 0 Å². The summed E-state index contributed by atoms with van der Waals surface area (Å²) in [4.78, 5) is 12.2. The third-order valence-corrected chi connectivity index (χ3v) is 2.56. The SMILES string of the molecule is CCCc1nccn1-c1nc(Cl)ncc1Cl. The zero-order chi connectivity index (χ0) is 11.5. The average Bonchev–Trinajstić information content (AvgIpc) is 2.70. The Balaban J connectivity index is 2.49. The van der Waals surface area contributed by atoms with Crippen molar-refractivity contribution in [1.29, 1.82) is 0 Å². The summed E-state index contributed by atoms with van der Waals surface area (Å²) in [5.41, 5.74) is 0. The van der Waals surface area contributed by atoms with Crippen molar-refractivity contribution in [1.82, 2.24) is 19.5 Å². The fourth-order valence-electron chi connectivity index (χ4n) is 1.44. The zero-order valence-electron chi connectivity index (χ0n) is 8.69. The molecule has 0 unspecified atom stereocenters. The Morgan fingerprint density at radius 1 is 1.31 bits per heavy atom. The number of hydrogen-bond donors (Lipinski definition) is 0. The van der Waals surface area contributed by atoms with Gasteiger partial charge in [0.2, 0.25) is 5.28 Å². The van der Waals surface area contributed by atoms with Gasteiger partial charge in [0.25, 0.3) is 0 Å². The van der Waals surface area contributed by atoms with Gasteiger partial charge in [0.1, 0.15) is 10.8 Å². The molecule has 0 saturated heterocycles. The van der Waals surface area contributed by atoms with Gasteiger partial charge >= 0.3 is 0 Å². The maximum absolute atomic E-state index is 6.03. The van der Waals surface area contributed by atoms with Crippen LogP contribution >= 0.6 is 23.2 Å². The smallest absolute Gasteiger partial charge is 0.224 e. The summed E-state index contributed by atoms with van der Waals surface area (Å²) in [5, 5.41) is 0.635. The average molecular weight is 257 g/mol. The molecule has 0 aliphatic heterocycles. The number of rotatable bonds is 3. The number of nitrogens with zero attached hydrogens (tertiary/aromatic N) is 4. The van der Waals surface area contributed by atoms with Gasteiger partial charge in [-0.2, -0.15) is 4.98 Å². The summed E-state index contributed by atoms with van der Waals surface area (Å²) in [6.45, 7) is 2.09. The van der Waals surface area contributed by atoms with Gasteiger partial charge in [0, 0.05) is 18.8 Å². The molecule has 0 bridgehead atoms. The van der Waals surface area contributed by atoms with E-state index in [1.54, 1.807) is 6.20 Å². The predicted molar refractivity (Wildman–Crippen MR) is 63.2 cm³/mol. The van der Waals surface area contributed by atoms with Crippen LogP contribution in [-0.4, -0.2) is 19.5 Å². The molecule has 2 heterocycles. The Bertz CT molecular complexity index is 495. The van der Waals surface area contributed by atoms with Crippen molar-refractivity contribution in [3.8, 4) is 5.82 Å². The Kier molecular flexibility index (Phi) is 3.41. The van der Waals surface area contributed by atoms with E-state index in [-0.39, 0.29) is 5.28 Å². The third-order valence-electron chi connectivity index (χ3n) is 2.12. The lowest BCUT2D eigenvalue weighted by Crippen LogP contribution is -2.04. The lowest BCUT2D eigenvalue weighted by atomic mass is 10.3. The second-order valence-electron chi connectivity index (χ2n) is 3.27. The van der Waals surface area contributed by atoms with Crippen molar-refractivity contribution in [2.75, 3.05) is 0 Å². The van der Waals surface area contributed by atoms with Crippen LogP contribution in [-0.2, 0) is 6.42 Å². The van der Waals surface area contributed by atoms with Crippen LogP contribution in [0.2, 0.25) is 10.3 Å². The minimum Gasteiger partial charge on any atom is -0.287 e. The van der Waals surface area contributed by atoms with Crippen molar-refractivity contribution in [3.05, 3.63) is 34.7 Å². The fraction of sp³-hybridized carbons (Fsp3) is 0.300. The van der Waals surface area contributed by atoms with Crippen molar-refractivity contribution in [3.63, 3.8) is 0 Å². The highest BCUT2D eigenvalue weighted by Crippen LogP contribution is 2.20. The molecule has 4 nitrogen and oxygen atoms in total. The first-order valence-corrected chi connectivity index (χ1v) is 5.68. The molecule has 0 atom stereocenters. The van der Waals surface area contributed by atoms with E-state index in [0.29, 0.717) is 10.8 Å². The van der Waals surface area contributed by atoms with Crippen molar-refractivity contribution in [2.24, 2.45) is 0 Å². The van der Waals surface area contributed by atoms with Gasteiger partial charge in [0.15, 0.2) is 5.82 Å². The van der Waals surface area contributed by atoms with E-state index in [4.69, 9.17) is 23.2 Å². The van der Waals surface area contributed by atoms with Crippen LogP contribution in [0.5, 0.6) is 0 Å². The van der Waals surface area contributed by atoms with Gasteiger partial charge in [0.05, 0.1) is 6.20 Å². The first kappa shape index (κ1) is 11.4. The van der Waals surface area contributed by atoms with E-state index in [0.717, 1.165) is 18.7 Å². The molecule has 0 aromatic carbocycles. The van der Waals surface area contributed by atoms with E-state index >= 15 is 0 Å². The molecule has 16 heavy (non-hydrogen) atoms. The molecule has 2 rings (SSSR count). The fourth-order valence-corrected chi connectivity index (χ4v) is 1.75. The summed E-state index contributed by atoms with van der Waals surface area (Å²) in [5.74, 6) is 1.49. The highest BCUT2D eigenvalue weighted by molar-refractivity contribution is 6.32. The molecule has 0 saturated carbocycles. The van der Waals surface area contributed by atoms with E-state index in [9.17, 15) is 0 Å². The second kappa shape index (κ2) is 4.80. The molecule has 84 valence electrons. The van der Waals surface area contributed by atoms with Gasteiger partial charge in [-0.05, 0) is 18.0 Å². The van der Waals surface area contributed by atoms with Crippen molar-refractivity contribution >= 4 is 23.2 Å². The standard InChI is InChI=1S/C10H10Cl2N4/c1-2-3-8-13-4-5-16(8)9-7(11)6-14-10(12)15-9/h4-6H,2-3H2,1H3. The summed E-state index contributed by atoms with van der Waals surface area (Å²) in [6.07, 6.45) is 6.90. The molecule has 0 aliphatic rings. The van der Waals surface area contributed by atoms with Crippen LogP contribution in [0.4, 0.5) is 0 Å².